The van der Waals surface area contributed by atoms with Crippen molar-refractivity contribution < 1.29 is 9.47 Å². The number of fused-ring (bicyclic) bond motifs is 1. The smallest absolute Gasteiger partial charge is 0.179 e. The van der Waals surface area contributed by atoms with Crippen LogP contribution in [0.15, 0.2) is 36.4 Å². The lowest BCUT2D eigenvalue weighted by molar-refractivity contribution is 0.310. The predicted molar refractivity (Wildman–Crippen MR) is 110 cm³/mol. The molecule has 3 rings (SSSR count). The maximum Gasteiger partial charge on any atom is 0.179 e. The minimum absolute atomic E-state index is 0.0915. The van der Waals surface area contributed by atoms with E-state index in [2.05, 4.69) is 35.9 Å². The quantitative estimate of drug-likeness (QED) is 0.593. The van der Waals surface area contributed by atoms with Crippen LogP contribution in [0.4, 0.5) is 0 Å². The molecule has 0 fully saturated rings. The minimum Gasteiger partial charge on any atom is -0.491 e. The van der Waals surface area contributed by atoms with Crippen molar-refractivity contribution >= 4 is 22.6 Å². The van der Waals surface area contributed by atoms with Crippen LogP contribution in [0.2, 0.25) is 5.02 Å². The lowest BCUT2D eigenvalue weighted by Gasteiger charge is -2.17. The van der Waals surface area contributed by atoms with Crippen LogP contribution in [0.1, 0.15) is 38.2 Å². The fourth-order valence-corrected chi connectivity index (χ4v) is 3.61. The van der Waals surface area contributed by atoms with E-state index in [1.54, 1.807) is 7.11 Å². The van der Waals surface area contributed by atoms with Crippen molar-refractivity contribution in [2.24, 2.45) is 0 Å². The van der Waals surface area contributed by atoms with Crippen molar-refractivity contribution in [1.29, 1.82) is 0 Å². The van der Waals surface area contributed by atoms with Crippen LogP contribution >= 0.6 is 11.6 Å². The zero-order chi connectivity index (χ0) is 19.4. The summed E-state index contributed by atoms with van der Waals surface area (Å²) in [5.74, 6) is 2.27. The van der Waals surface area contributed by atoms with E-state index in [1.165, 1.54) is 0 Å². The summed E-state index contributed by atoms with van der Waals surface area (Å²) in [5.41, 5.74) is 3.22. The van der Waals surface area contributed by atoms with Gasteiger partial charge in [-0.25, -0.2) is 4.98 Å². The van der Waals surface area contributed by atoms with Gasteiger partial charge in [0.2, 0.25) is 0 Å². The normalized spacial score (nSPS) is 12.3. The lowest BCUT2D eigenvalue weighted by Crippen LogP contribution is -2.21. The first-order valence-corrected chi connectivity index (χ1v) is 9.64. The van der Waals surface area contributed by atoms with Crippen LogP contribution in [-0.2, 0) is 13.1 Å². The number of methoxy groups -OCH3 is 1. The average Bonchev–Trinajstić information content (AvgIpc) is 3.05. The Morgan fingerprint density at radius 2 is 2.00 bits per heavy atom. The van der Waals surface area contributed by atoms with Gasteiger partial charge in [0.15, 0.2) is 11.5 Å². The maximum absolute atomic E-state index is 6.35. The van der Waals surface area contributed by atoms with Gasteiger partial charge in [-0.3, -0.25) is 0 Å². The van der Waals surface area contributed by atoms with E-state index >= 15 is 0 Å². The van der Waals surface area contributed by atoms with Crippen LogP contribution < -0.4 is 14.8 Å². The average molecular weight is 388 g/mol. The SMILES string of the molecule is CCOc1cc(CNC(C)c2nc3ccccc3n2CC)cc(Cl)c1OC. The van der Waals surface area contributed by atoms with Gasteiger partial charge in [-0.1, -0.05) is 23.7 Å². The van der Waals surface area contributed by atoms with Crippen LogP contribution in [0.25, 0.3) is 11.0 Å². The summed E-state index contributed by atoms with van der Waals surface area (Å²) in [6.45, 7) is 8.29. The number of aryl methyl sites for hydroxylation is 1. The fourth-order valence-electron chi connectivity index (χ4n) is 3.30. The number of imidazole rings is 1. The summed E-state index contributed by atoms with van der Waals surface area (Å²) in [6.07, 6.45) is 0. The Morgan fingerprint density at radius 1 is 1.22 bits per heavy atom. The molecular weight excluding hydrogens is 362 g/mol. The third-order valence-electron chi connectivity index (χ3n) is 4.57. The number of nitrogens with zero attached hydrogens (tertiary/aromatic N) is 2. The molecule has 1 N–H and O–H groups in total. The lowest BCUT2D eigenvalue weighted by atomic mass is 10.2. The topological polar surface area (TPSA) is 48.3 Å². The molecule has 0 aliphatic carbocycles. The van der Waals surface area contributed by atoms with Crippen molar-refractivity contribution in [3.05, 3.63) is 52.8 Å². The zero-order valence-corrected chi connectivity index (χ0v) is 17.0. The summed E-state index contributed by atoms with van der Waals surface area (Å²) in [4.78, 5) is 4.82. The highest BCUT2D eigenvalue weighted by Gasteiger charge is 2.16. The minimum atomic E-state index is 0.0915. The van der Waals surface area contributed by atoms with Crippen LogP contribution in [-0.4, -0.2) is 23.3 Å². The first-order chi connectivity index (χ1) is 13.1. The van der Waals surface area contributed by atoms with Gasteiger partial charge in [0, 0.05) is 13.1 Å². The Balaban J connectivity index is 1.81. The summed E-state index contributed by atoms with van der Waals surface area (Å²) in [7, 11) is 1.60. The van der Waals surface area contributed by atoms with Crippen molar-refractivity contribution in [2.75, 3.05) is 13.7 Å². The van der Waals surface area contributed by atoms with Crippen molar-refractivity contribution in [1.82, 2.24) is 14.9 Å². The van der Waals surface area contributed by atoms with Crippen molar-refractivity contribution in [3.63, 3.8) is 0 Å². The Bertz CT molecular complexity index is 923. The second-order valence-electron chi connectivity index (χ2n) is 6.35. The Labute approximate surface area is 165 Å². The fraction of sp³-hybridized carbons (Fsp3) is 0.381. The van der Waals surface area contributed by atoms with Crippen LogP contribution in [0, 0.1) is 0 Å². The Hall–Kier alpha value is -2.24. The number of aromatic nitrogens is 2. The number of para-hydroxylation sites is 2. The summed E-state index contributed by atoms with van der Waals surface area (Å²) in [6, 6.07) is 12.2. The van der Waals surface area contributed by atoms with Gasteiger partial charge in [-0.15, -0.1) is 0 Å². The maximum atomic E-state index is 6.35. The number of rotatable bonds is 8. The molecule has 0 radical (unpaired) electrons. The molecule has 0 saturated carbocycles. The van der Waals surface area contributed by atoms with E-state index in [-0.39, 0.29) is 6.04 Å². The molecule has 1 aromatic heterocycles. The van der Waals surface area contributed by atoms with E-state index in [0.717, 1.165) is 29.0 Å². The van der Waals surface area contributed by atoms with E-state index < -0.39 is 0 Å². The first-order valence-electron chi connectivity index (χ1n) is 9.26. The second-order valence-corrected chi connectivity index (χ2v) is 6.75. The molecule has 144 valence electrons. The van der Waals surface area contributed by atoms with Crippen molar-refractivity contribution in [2.45, 2.75) is 39.9 Å². The van der Waals surface area contributed by atoms with Gasteiger partial charge in [0.05, 0.1) is 35.8 Å². The van der Waals surface area contributed by atoms with Crippen molar-refractivity contribution in [3.8, 4) is 11.5 Å². The van der Waals surface area contributed by atoms with Gasteiger partial charge >= 0.3 is 0 Å². The molecule has 0 bridgehead atoms. The van der Waals surface area contributed by atoms with Gasteiger partial charge < -0.3 is 19.4 Å². The molecule has 0 spiro atoms. The van der Waals surface area contributed by atoms with E-state index in [0.29, 0.717) is 29.7 Å². The second kappa shape index (κ2) is 8.63. The number of ether oxygens (including phenoxy) is 2. The highest BCUT2D eigenvalue weighted by atomic mass is 35.5. The summed E-state index contributed by atoms with van der Waals surface area (Å²) < 4.78 is 13.3. The molecule has 1 unspecified atom stereocenters. The van der Waals surface area contributed by atoms with Gasteiger partial charge in [-0.05, 0) is 50.6 Å². The molecule has 0 aliphatic heterocycles. The molecule has 2 aromatic carbocycles. The molecule has 27 heavy (non-hydrogen) atoms. The zero-order valence-electron chi connectivity index (χ0n) is 16.3. The van der Waals surface area contributed by atoms with E-state index in [1.807, 2.05) is 31.2 Å². The Kier molecular flexibility index (Phi) is 6.24. The van der Waals surface area contributed by atoms with Gasteiger partial charge in [-0.2, -0.15) is 0 Å². The van der Waals surface area contributed by atoms with Crippen LogP contribution in [0.3, 0.4) is 0 Å². The summed E-state index contributed by atoms with van der Waals surface area (Å²) in [5, 5.41) is 4.10. The molecular formula is C21H26ClN3O2. The van der Waals surface area contributed by atoms with E-state index in [9.17, 15) is 0 Å². The molecule has 0 amide bonds. The first kappa shape index (κ1) is 19.5. The highest BCUT2D eigenvalue weighted by Crippen LogP contribution is 2.36. The number of halogens is 1. The van der Waals surface area contributed by atoms with Crippen LogP contribution in [0.5, 0.6) is 11.5 Å². The molecule has 1 atom stereocenters. The number of nitrogens with one attached hydrogen (secondary N) is 1. The van der Waals surface area contributed by atoms with Gasteiger partial charge in [0.1, 0.15) is 5.82 Å². The third-order valence-corrected chi connectivity index (χ3v) is 4.85. The largest absolute Gasteiger partial charge is 0.491 e. The molecule has 0 aliphatic rings. The predicted octanol–water partition coefficient (Wildman–Crippen LogP) is 4.97. The molecule has 3 aromatic rings. The highest BCUT2D eigenvalue weighted by molar-refractivity contribution is 6.32. The Morgan fingerprint density at radius 3 is 2.70 bits per heavy atom. The summed E-state index contributed by atoms with van der Waals surface area (Å²) >= 11 is 6.35. The molecule has 1 heterocycles. The standard InChI is InChI=1S/C21H26ClN3O2/c1-5-25-18-10-8-7-9-17(18)24-21(25)14(3)23-13-15-11-16(22)20(26-4)19(12-15)27-6-2/h7-12,14,23H,5-6,13H2,1-4H3. The van der Waals surface area contributed by atoms with E-state index in [4.69, 9.17) is 26.1 Å². The van der Waals surface area contributed by atoms with Gasteiger partial charge in [0.25, 0.3) is 0 Å². The monoisotopic (exact) mass is 387 g/mol. The molecule has 5 nitrogen and oxygen atoms in total. The number of hydrogen-bond donors (Lipinski definition) is 1. The third kappa shape index (κ3) is 4.04. The number of hydrogen-bond acceptors (Lipinski definition) is 4. The molecule has 0 saturated heterocycles. The number of benzene rings is 2. The molecule has 6 heteroatoms.